The highest BCUT2D eigenvalue weighted by Crippen LogP contribution is 2.24. The second-order valence-corrected chi connectivity index (χ2v) is 2.13. The summed E-state index contributed by atoms with van der Waals surface area (Å²) < 4.78 is 23.3. The van der Waals surface area contributed by atoms with Crippen LogP contribution in [-0.2, 0) is 4.79 Å². The van der Waals surface area contributed by atoms with Crippen molar-refractivity contribution >= 4 is 17.5 Å². The van der Waals surface area contributed by atoms with Gasteiger partial charge >= 0.3 is 5.38 Å². The van der Waals surface area contributed by atoms with Gasteiger partial charge in [0.2, 0.25) is 5.91 Å². The molecule has 5 heteroatoms. The number of primary amides is 1. The Morgan fingerprint density at radius 3 is 2.22 bits per heavy atom. The van der Waals surface area contributed by atoms with Crippen LogP contribution in [-0.4, -0.2) is 11.3 Å². The first-order valence-electron chi connectivity index (χ1n) is 2.27. The highest BCUT2D eigenvalue weighted by atomic mass is 35.5. The van der Waals surface area contributed by atoms with Crippen LogP contribution in [0.3, 0.4) is 0 Å². The van der Waals surface area contributed by atoms with Gasteiger partial charge in [-0.2, -0.15) is 8.78 Å². The lowest BCUT2D eigenvalue weighted by Gasteiger charge is -2.03. The van der Waals surface area contributed by atoms with Gasteiger partial charge in [0.1, 0.15) is 0 Å². The number of nitrogens with two attached hydrogens (primary N) is 1. The molecule has 2 N–H and O–H groups in total. The summed E-state index contributed by atoms with van der Waals surface area (Å²) in [5, 5.41) is -3.30. The molecule has 1 amide bonds. The van der Waals surface area contributed by atoms with Gasteiger partial charge in [-0.15, -0.1) is 0 Å². The average molecular weight is 158 g/mol. The third-order valence-corrected chi connectivity index (χ3v) is 0.844. The molecule has 0 aromatic rings. The van der Waals surface area contributed by atoms with Crippen molar-refractivity contribution in [3.8, 4) is 0 Å². The molecule has 0 rings (SSSR count). The van der Waals surface area contributed by atoms with Crippen LogP contribution >= 0.6 is 11.6 Å². The van der Waals surface area contributed by atoms with Crippen molar-refractivity contribution in [3.05, 3.63) is 0 Å². The molecular weight excluding hydrogens is 151 g/mol. The summed E-state index contributed by atoms with van der Waals surface area (Å²) in [6.07, 6.45) is -1.07. The lowest BCUT2D eigenvalue weighted by molar-refractivity contribution is -0.119. The van der Waals surface area contributed by atoms with Gasteiger partial charge in [-0.1, -0.05) is 0 Å². The fourth-order valence-corrected chi connectivity index (χ4v) is 0.359. The van der Waals surface area contributed by atoms with E-state index < -0.39 is 17.7 Å². The molecule has 0 unspecified atom stereocenters. The molecular formula is C4H6ClF2NO. The van der Waals surface area contributed by atoms with E-state index in [1.54, 1.807) is 0 Å². The molecule has 0 heterocycles. The second kappa shape index (κ2) is 2.96. The molecule has 0 saturated heterocycles. The molecule has 0 fully saturated rings. The van der Waals surface area contributed by atoms with Crippen molar-refractivity contribution in [1.82, 2.24) is 0 Å². The first-order valence-corrected chi connectivity index (χ1v) is 2.64. The normalized spacial score (nSPS) is 11.4. The van der Waals surface area contributed by atoms with E-state index in [2.05, 4.69) is 17.3 Å². The predicted octanol–water partition coefficient (Wildman–Crippen LogP) is 1.08. The van der Waals surface area contributed by atoms with Gasteiger partial charge in [0, 0.05) is 12.8 Å². The zero-order chi connectivity index (χ0) is 7.49. The van der Waals surface area contributed by atoms with E-state index in [4.69, 9.17) is 0 Å². The molecule has 2 nitrogen and oxygen atoms in total. The van der Waals surface area contributed by atoms with Crippen molar-refractivity contribution in [2.24, 2.45) is 5.73 Å². The summed E-state index contributed by atoms with van der Waals surface area (Å²) in [6.45, 7) is 0. The monoisotopic (exact) mass is 157 g/mol. The Balaban J connectivity index is 3.39. The van der Waals surface area contributed by atoms with Crippen molar-refractivity contribution in [1.29, 1.82) is 0 Å². The van der Waals surface area contributed by atoms with E-state index in [1.165, 1.54) is 0 Å². The Labute approximate surface area is 56.0 Å². The van der Waals surface area contributed by atoms with Gasteiger partial charge in [0.15, 0.2) is 0 Å². The van der Waals surface area contributed by atoms with E-state index in [9.17, 15) is 13.6 Å². The Morgan fingerprint density at radius 1 is 1.67 bits per heavy atom. The number of hydrogen-bond donors (Lipinski definition) is 1. The largest absolute Gasteiger partial charge is 0.370 e. The standard InChI is InChI=1S/C4H6ClF2NO/c5-4(6,7)2-1-3(8)9/h1-2H2,(H2,8,9). The molecule has 0 radical (unpaired) electrons. The van der Waals surface area contributed by atoms with Crippen molar-refractivity contribution in [3.63, 3.8) is 0 Å². The smallest absolute Gasteiger partial charge is 0.322 e. The van der Waals surface area contributed by atoms with E-state index in [-0.39, 0.29) is 6.42 Å². The first-order chi connectivity index (χ1) is 3.92. The Kier molecular flexibility index (Phi) is 2.84. The molecule has 0 spiro atoms. The van der Waals surface area contributed by atoms with Crippen LogP contribution in [0.25, 0.3) is 0 Å². The molecule has 0 aromatic heterocycles. The van der Waals surface area contributed by atoms with E-state index >= 15 is 0 Å². The second-order valence-electron chi connectivity index (χ2n) is 1.58. The molecule has 0 aliphatic rings. The summed E-state index contributed by atoms with van der Waals surface area (Å²) >= 11 is 4.44. The minimum absolute atomic E-state index is 0.378. The van der Waals surface area contributed by atoms with E-state index in [1.807, 2.05) is 0 Å². The van der Waals surface area contributed by atoms with Gasteiger partial charge < -0.3 is 5.73 Å². The molecule has 54 valence electrons. The Bertz CT molecular complexity index is 112. The number of hydrogen-bond acceptors (Lipinski definition) is 1. The summed E-state index contributed by atoms with van der Waals surface area (Å²) in [5.74, 6) is -0.768. The minimum Gasteiger partial charge on any atom is -0.370 e. The lowest BCUT2D eigenvalue weighted by atomic mass is 10.3. The van der Waals surface area contributed by atoms with Gasteiger partial charge in [-0.3, -0.25) is 4.79 Å². The zero-order valence-electron chi connectivity index (χ0n) is 4.53. The average Bonchev–Trinajstić information content (AvgIpc) is 1.59. The predicted molar refractivity (Wildman–Crippen MR) is 29.2 cm³/mol. The maximum Gasteiger partial charge on any atom is 0.322 e. The van der Waals surface area contributed by atoms with Crippen LogP contribution in [0.15, 0.2) is 0 Å². The van der Waals surface area contributed by atoms with Gasteiger partial charge in [0.05, 0.1) is 0 Å². The summed E-state index contributed by atoms with van der Waals surface area (Å²) in [5.41, 5.74) is 4.57. The van der Waals surface area contributed by atoms with Gasteiger partial charge in [-0.05, 0) is 11.6 Å². The number of halogens is 3. The van der Waals surface area contributed by atoms with E-state index in [0.29, 0.717) is 0 Å². The van der Waals surface area contributed by atoms with Crippen LogP contribution in [0.5, 0.6) is 0 Å². The van der Waals surface area contributed by atoms with Crippen molar-refractivity contribution in [2.75, 3.05) is 0 Å². The molecule has 0 aromatic carbocycles. The Morgan fingerprint density at radius 2 is 2.11 bits per heavy atom. The van der Waals surface area contributed by atoms with Gasteiger partial charge in [-0.25, -0.2) is 0 Å². The molecule has 0 bridgehead atoms. The van der Waals surface area contributed by atoms with Crippen LogP contribution in [0.4, 0.5) is 8.78 Å². The number of rotatable bonds is 3. The molecule has 0 saturated carbocycles. The number of alkyl halides is 3. The van der Waals surface area contributed by atoms with Crippen LogP contribution < -0.4 is 5.73 Å². The van der Waals surface area contributed by atoms with E-state index in [0.717, 1.165) is 0 Å². The zero-order valence-corrected chi connectivity index (χ0v) is 5.29. The van der Waals surface area contributed by atoms with Crippen LogP contribution in [0.2, 0.25) is 0 Å². The fraction of sp³-hybridized carbons (Fsp3) is 0.750. The quantitative estimate of drug-likeness (QED) is 0.613. The first kappa shape index (κ1) is 8.62. The highest BCUT2D eigenvalue weighted by Gasteiger charge is 2.24. The number of carbonyl (C=O) groups excluding carboxylic acids is 1. The lowest BCUT2D eigenvalue weighted by Crippen LogP contribution is -2.15. The third kappa shape index (κ3) is 7.62. The number of amides is 1. The highest BCUT2D eigenvalue weighted by molar-refractivity contribution is 6.21. The SMILES string of the molecule is NC(=O)CCC(F)(F)Cl. The topological polar surface area (TPSA) is 43.1 Å². The number of carbonyl (C=O) groups is 1. The van der Waals surface area contributed by atoms with Crippen LogP contribution in [0.1, 0.15) is 12.8 Å². The van der Waals surface area contributed by atoms with Crippen molar-refractivity contribution < 1.29 is 13.6 Å². The maximum atomic E-state index is 11.6. The minimum atomic E-state index is -3.30. The molecule has 0 aliphatic carbocycles. The summed E-state index contributed by atoms with van der Waals surface area (Å²) in [7, 11) is 0. The fourth-order valence-electron chi connectivity index (χ4n) is 0.265. The van der Waals surface area contributed by atoms with Crippen molar-refractivity contribution in [2.45, 2.75) is 18.2 Å². The summed E-state index contributed by atoms with van der Waals surface area (Å²) in [4.78, 5) is 9.88. The van der Waals surface area contributed by atoms with Gasteiger partial charge in [0.25, 0.3) is 0 Å². The third-order valence-electron chi connectivity index (χ3n) is 0.655. The molecule has 0 aliphatic heterocycles. The Hall–Kier alpha value is -0.380. The van der Waals surface area contributed by atoms with Crippen LogP contribution in [0, 0.1) is 0 Å². The summed E-state index contributed by atoms with van der Waals surface area (Å²) in [6, 6.07) is 0. The molecule has 9 heavy (non-hydrogen) atoms. The maximum absolute atomic E-state index is 11.6. The molecule has 0 atom stereocenters.